The third kappa shape index (κ3) is 10.4. The highest BCUT2D eigenvalue weighted by molar-refractivity contribution is 7.84. The zero-order chi connectivity index (χ0) is 11.7. The van der Waals surface area contributed by atoms with E-state index in [9.17, 15) is 4.21 Å². The van der Waals surface area contributed by atoms with Gasteiger partial charge in [0.1, 0.15) is 0 Å². The largest absolute Gasteiger partial charge is 0.380 e. The molecule has 0 amide bonds. The minimum absolute atomic E-state index is 0.286. The van der Waals surface area contributed by atoms with E-state index in [4.69, 9.17) is 4.74 Å². The highest BCUT2D eigenvalue weighted by Crippen LogP contribution is 1.97. The van der Waals surface area contributed by atoms with Crippen molar-refractivity contribution in [2.45, 2.75) is 32.4 Å². The molecule has 2 atom stereocenters. The third-order valence-electron chi connectivity index (χ3n) is 2.17. The molecule has 92 valence electrons. The van der Waals surface area contributed by atoms with Crippen LogP contribution in [0.5, 0.6) is 0 Å². The molecule has 2 unspecified atom stereocenters. The lowest BCUT2D eigenvalue weighted by molar-refractivity contribution is 0.112. The molecule has 0 fully saturated rings. The lowest BCUT2D eigenvalue weighted by atomic mass is 10.2. The van der Waals surface area contributed by atoms with Crippen LogP contribution < -0.4 is 5.32 Å². The van der Waals surface area contributed by atoms with Crippen LogP contribution in [0.2, 0.25) is 0 Å². The molecule has 1 N–H and O–H groups in total. The molecule has 3 nitrogen and oxygen atoms in total. The molecule has 0 rings (SSSR count). The maximum absolute atomic E-state index is 11.0. The van der Waals surface area contributed by atoms with Gasteiger partial charge in [-0.15, -0.1) is 0 Å². The lowest BCUT2D eigenvalue weighted by Crippen LogP contribution is -2.25. The molecule has 4 heteroatoms. The lowest BCUT2D eigenvalue weighted by Gasteiger charge is -2.10. The Balaban J connectivity index is 3.15. The van der Waals surface area contributed by atoms with Gasteiger partial charge in [-0.05, 0) is 18.9 Å². The van der Waals surface area contributed by atoms with E-state index < -0.39 is 10.8 Å². The predicted molar refractivity (Wildman–Crippen MR) is 66.7 cm³/mol. The zero-order valence-electron chi connectivity index (χ0n) is 10.4. The van der Waals surface area contributed by atoms with Crippen molar-refractivity contribution in [3.05, 3.63) is 0 Å². The van der Waals surface area contributed by atoms with Crippen LogP contribution in [0, 0.1) is 5.92 Å². The van der Waals surface area contributed by atoms with Crippen LogP contribution in [0.1, 0.15) is 27.2 Å². The van der Waals surface area contributed by atoms with Gasteiger partial charge in [0.25, 0.3) is 0 Å². The second-order valence-corrected chi connectivity index (χ2v) is 6.12. The normalized spacial score (nSPS) is 15.5. The van der Waals surface area contributed by atoms with Crippen LogP contribution in [-0.4, -0.2) is 42.0 Å². The summed E-state index contributed by atoms with van der Waals surface area (Å²) in [6.07, 6.45) is 2.73. The third-order valence-corrected chi connectivity index (χ3v) is 3.54. The maximum atomic E-state index is 11.0. The quantitative estimate of drug-likeness (QED) is 0.614. The van der Waals surface area contributed by atoms with Gasteiger partial charge in [0, 0.05) is 35.5 Å². The smallest absolute Gasteiger partial charge is 0.0591 e. The molecular formula is C11H25NO2S. The highest BCUT2D eigenvalue weighted by atomic mass is 32.2. The number of ether oxygens (including phenoxy) is 1. The molecule has 0 aliphatic heterocycles. The Kier molecular flexibility index (Phi) is 9.35. The Morgan fingerprint density at radius 3 is 2.47 bits per heavy atom. The molecule has 0 saturated carbocycles. The first-order valence-corrected chi connectivity index (χ1v) is 7.26. The van der Waals surface area contributed by atoms with E-state index in [2.05, 4.69) is 19.2 Å². The zero-order valence-corrected chi connectivity index (χ0v) is 11.2. The molecule has 0 heterocycles. The SMILES string of the molecule is CC(C)COCCNCCC(C)S(C)=O. The van der Waals surface area contributed by atoms with Gasteiger partial charge in [0.2, 0.25) is 0 Å². The van der Waals surface area contributed by atoms with Crippen LogP contribution in [-0.2, 0) is 15.5 Å². The monoisotopic (exact) mass is 235 g/mol. The van der Waals surface area contributed by atoms with E-state index >= 15 is 0 Å². The molecule has 0 aliphatic rings. The number of hydrogen-bond acceptors (Lipinski definition) is 3. The molecule has 0 aliphatic carbocycles. The average molecular weight is 235 g/mol. The summed E-state index contributed by atoms with van der Waals surface area (Å²) < 4.78 is 16.5. The topological polar surface area (TPSA) is 38.3 Å². The van der Waals surface area contributed by atoms with Crippen molar-refractivity contribution in [2.24, 2.45) is 5.92 Å². The predicted octanol–water partition coefficient (Wildman–Crippen LogP) is 1.41. The molecule has 0 aromatic rings. The molecule has 0 bridgehead atoms. The van der Waals surface area contributed by atoms with Crippen LogP contribution >= 0.6 is 0 Å². The molecule has 0 aromatic heterocycles. The Labute approximate surface area is 96.4 Å². The molecular weight excluding hydrogens is 210 g/mol. The van der Waals surface area contributed by atoms with Gasteiger partial charge >= 0.3 is 0 Å². The van der Waals surface area contributed by atoms with Crippen molar-refractivity contribution in [3.8, 4) is 0 Å². The van der Waals surface area contributed by atoms with Crippen molar-refractivity contribution >= 4 is 10.8 Å². The van der Waals surface area contributed by atoms with Gasteiger partial charge in [0.15, 0.2) is 0 Å². The summed E-state index contributed by atoms with van der Waals surface area (Å²) in [4.78, 5) is 0. The summed E-state index contributed by atoms with van der Waals surface area (Å²) in [6, 6.07) is 0. The molecule has 0 aromatic carbocycles. The van der Waals surface area contributed by atoms with Gasteiger partial charge in [0.05, 0.1) is 6.61 Å². The number of nitrogens with one attached hydrogen (secondary N) is 1. The van der Waals surface area contributed by atoms with Crippen LogP contribution in [0.25, 0.3) is 0 Å². The van der Waals surface area contributed by atoms with E-state index in [0.29, 0.717) is 5.92 Å². The first-order chi connectivity index (χ1) is 7.04. The minimum atomic E-state index is -0.697. The van der Waals surface area contributed by atoms with Gasteiger partial charge in [-0.2, -0.15) is 0 Å². The van der Waals surface area contributed by atoms with Crippen LogP contribution in [0.15, 0.2) is 0 Å². The minimum Gasteiger partial charge on any atom is -0.380 e. The van der Waals surface area contributed by atoms with Gasteiger partial charge in [-0.3, -0.25) is 4.21 Å². The van der Waals surface area contributed by atoms with E-state index in [1.165, 1.54) is 0 Å². The van der Waals surface area contributed by atoms with Crippen LogP contribution in [0.3, 0.4) is 0 Å². The molecule has 0 saturated heterocycles. The summed E-state index contributed by atoms with van der Waals surface area (Å²) in [5.41, 5.74) is 0. The van der Waals surface area contributed by atoms with Crippen molar-refractivity contribution in [3.63, 3.8) is 0 Å². The summed E-state index contributed by atoms with van der Waals surface area (Å²) in [6.45, 7) is 9.71. The Hall–Kier alpha value is 0.0700. The number of hydrogen-bond donors (Lipinski definition) is 1. The summed E-state index contributed by atoms with van der Waals surface area (Å²) >= 11 is 0. The van der Waals surface area contributed by atoms with Gasteiger partial charge in [-0.25, -0.2) is 0 Å². The van der Waals surface area contributed by atoms with Crippen molar-refractivity contribution in [1.82, 2.24) is 5.32 Å². The standard InChI is InChI=1S/C11H25NO2S/c1-10(2)9-14-8-7-12-6-5-11(3)15(4)13/h10-12H,5-9H2,1-4H3. The Bertz CT molecular complexity index is 174. The average Bonchev–Trinajstić information content (AvgIpc) is 2.15. The highest BCUT2D eigenvalue weighted by Gasteiger charge is 2.04. The fourth-order valence-electron chi connectivity index (χ4n) is 1.06. The second kappa shape index (κ2) is 9.31. The Morgan fingerprint density at radius 1 is 1.27 bits per heavy atom. The van der Waals surface area contributed by atoms with E-state index in [-0.39, 0.29) is 5.25 Å². The van der Waals surface area contributed by atoms with Gasteiger partial charge in [-0.1, -0.05) is 20.8 Å². The van der Waals surface area contributed by atoms with Crippen molar-refractivity contribution in [2.75, 3.05) is 32.6 Å². The van der Waals surface area contributed by atoms with Crippen molar-refractivity contribution in [1.29, 1.82) is 0 Å². The van der Waals surface area contributed by atoms with Gasteiger partial charge < -0.3 is 10.1 Å². The molecule has 15 heavy (non-hydrogen) atoms. The maximum Gasteiger partial charge on any atom is 0.0591 e. The van der Waals surface area contributed by atoms with E-state index in [0.717, 1.165) is 32.7 Å². The summed E-state index contributed by atoms with van der Waals surface area (Å²) in [7, 11) is -0.697. The summed E-state index contributed by atoms with van der Waals surface area (Å²) in [5.74, 6) is 0.604. The Morgan fingerprint density at radius 2 is 1.93 bits per heavy atom. The fourth-order valence-corrected chi connectivity index (χ4v) is 1.51. The van der Waals surface area contributed by atoms with E-state index in [1.54, 1.807) is 6.26 Å². The van der Waals surface area contributed by atoms with Crippen LogP contribution in [0.4, 0.5) is 0 Å². The van der Waals surface area contributed by atoms with E-state index in [1.807, 2.05) is 6.92 Å². The van der Waals surface area contributed by atoms with Crippen molar-refractivity contribution < 1.29 is 8.95 Å². The first kappa shape index (κ1) is 15.1. The fraction of sp³-hybridized carbons (Fsp3) is 1.00. The molecule has 0 radical (unpaired) electrons. The first-order valence-electron chi connectivity index (χ1n) is 5.64. The number of rotatable bonds is 9. The molecule has 0 spiro atoms. The second-order valence-electron chi connectivity index (χ2n) is 4.32. The summed E-state index contributed by atoms with van der Waals surface area (Å²) in [5, 5.41) is 3.57.